The average Bonchev–Trinajstić information content (AvgIpc) is 2.37. The second-order valence-electron chi connectivity index (χ2n) is 4.39. The van der Waals surface area contributed by atoms with Gasteiger partial charge in [-0.2, -0.15) is 20.2 Å². The normalized spacial score (nSPS) is 10.2. The maximum Gasteiger partial charge on any atom is 0.323 e. The largest absolute Gasteiger partial charge is 0.461 e. The van der Waals surface area contributed by atoms with Crippen LogP contribution in [0.15, 0.2) is 22.7 Å². The SMILES string of the molecule is CC(C)Oc1nc(N)nc(Nc2cc(Br)ccc2C#N)n1. The summed E-state index contributed by atoms with van der Waals surface area (Å²) in [5.41, 5.74) is 6.66. The maximum absolute atomic E-state index is 9.11. The highest BCUT2D eigenvalue weighted by molar-refractivity contribution is 9.10. The van der Waals surface area contributed by atoms with Gasteiger partial charge in [0.25, 0.3) is 0 Å². The number of ether oxygens (including phenoxy) is 1. The summed E-state index contributed by atoms with van der Waals surface area (Å²) in [5.74, 6) is 0.254. The summed E-state index contributed by atoms with van der Waals surface area (Å²) in [5, 5.41) is 12.1. The Morgan fingerprint density at radius 1 is 1.33 bits per heavy atom. The molecule has 0 amide bonds. The quantitative estimate of drug-likeness (QED) is 0.873. The van der Waals surface area contributed by atoms with Gasteiger partial charge in [0.05, 0.1) is 17.4 Å². The Bertz CT molecular complexity index is 698. The van der Waals surface area contributed by atoms with Crippen LogP contribution >= 0.6 is 15.9 Å². The topological polar surface area (TPSA) is 110 Å². The Labute approximate surface area is 130 Å². The molecule has 0 fully saturated rings. The van der Waals surface area contributed by atoms with E-state index < -0.39 is 0 Å². The summed E-state index contributed by atoms with van der Waals surface area (Å²) in [6.45, 7) is 3.71. The van der Waals surface area contributed by atoms with Gasteiger partial charge in [0.2, 0.25) is 11.9 Å². The number of halogens is 1. The van der Waals surface area contributed by atoms with Crippen LogP contribution in [0.1, 0.15) is 19.4 Å². The second-order valence-corrected chi connectivity index (χ2v) is 5.31. The number of hydrogen-bond donors (Lipinski definition) is 2. The van der Waals surface area contributed by atoms with E-state index in [0.717, 1.165) is 4.47 Å². The molecule has 0 aliphatic carbocycles. The van der Waals surface area contributed by atoms with Gasteiger partial charge in [-0.15, -0.1) is 0 Å². The van der Waals surface area contributed by atoms with Crippen LogP contribution in [-0.4, -0.2) is 21.1 Å². The van der Waals surface area contributed by atoms with Crippen molar-refractivity contribution in [3.8, 4) is 12.1 Å². The molecular formula is C13H13BrN6O. The van der Waals surface area contributed by atoms with Crippen LogP contribution in [-0.2, 0) is 0 Å². The van der Waals surface area contributed by atoms with Gasteiger partial charge in [0, 0.05) is 4.47 Å². The predicted octanol–water partition coefficient (Wildman–Crippen LogP) is 2.62. The minimum Gasteiger partial charge on any atom is -0.461 e. The fraction of sp³-hybridized carbons (Fsp3) is 0.231. The van der Waals surface area contributed by atoms with Gasteiger partial charge in [-0.1, -0.05) is 15.9 Å². The molecule has 0 atom stereocenters. The van der Waals surface area contributed by atoms with Crippen molar-refractivity contribution in [2.75, 3.05) is 11.1 Å². The molecule has 2 rings (SSSR count). The predicted molar refractivity (Wildman–Crippen MR) is 82.1 cm³/mol. The molecule has 0 unspecified atom stereocenters. The molecule has 0 saturated heterocycles. The molecular weight excluding hydrogens is 336 g/mol. The molecule has 0 aliphatic heterocycles. The zero-order valence-electron chi connectivity index (χ0n) is 11.5. The van der Waals surface area contributed by atoms with E-state index in [0.29, 0.717) is 11.3 Å². The van der Waals surface area contributed by atoms with Crippen molar-refractivity contribution < 1.29 is 4.74 Å². The first-order chi connectivity index (χ1) is 9.97. The molecule has 1 aromatic heterocycles. The smallest absolute Gasteiger partial charge is 0.323 e. The molecule has 21 heavy (non-hydrogen) atoms. The number of rotatable bonds is 4. The number of benzene rings is 1. The molecule has 0 radical (unpaired) electrons. The molecule has 0 saturated carbocycles. The first-order valence-corrected chi connectivity index (χ1v) is 6.92. The van der Waals surface area contributed by atoms with Gasteiger partial charge in [-0.05, 0) is 32.0 Å². The number of nitrogen functional groups attached to an aromatic ring is 1. The van der Waals surface area contributed by atoms with Crippen molar-refractivity contribution >= 4 is 33.5 Å². The summed E-state index contributed by atoms with van der Waals surface area (Å²) in [4.78, 5) is 12.0. The second kappa shape index (κ2) is 6.37. The van der Waals surface area contributed by atoms with Gasteiger partial charge in [0.1, 0.15) is 6.07 Å². The van der Waals surface area contributed by atoms with Crippen molar-refractivity contribution in [1.82, 2.24) is 15.0 Å². The van der Waals surface area contributed by atoms with Crippen LogP contribution in [0.3, 0.4) is 0 Å². The summed E-state index contributed by atoms with van der Waals surface area (Å²) < 4.78 is 6.22. The molecule has 8 heteroatoms. The molecule has 3 N–H and O–H groups in total. The Morgan fingerprint density at radius 3 is 2.76 bits per heavy atom. The van der Waals surface area contributed by atoms with E-state index in [4.69, 9.17) is 15.7 Å². The lowest BCUT2D eigenvalue weighted by atomic mass is 10.2. The number of nitriles is 1. The molecule has 1 aromatic carbocycles. The Balaban J connectivity index is 2.33. The van der Waals surface area contributed by atoms with Crippen LogP contribution < -0.4 is 15.8 Å². The molecule has 0 spiro atoms. The molecule has 0 aliphatic rings. The van der Waals surface area contributed by atoms with E-state index in [1.807, 2.05) is 13.8 Å². The lowest BCUT2D eigenvalue weighted by Crippen LogP contribution is -2.12. The van der Waals surface area contributed by atoms with Crippen molar-refractivity contribution in [2.24, 2.45) is 0 Å². The van der Waals surface area contributed by atoms with Crippen LogP contribution in [0.25, 0.3) is 0 Å². The van der Waals surface area contributed by atoms with Crippen molar-refractivity contribution in [3.63, 3.8) is 0 Å². The highest BCUT2D eigenvalue weighted by Gasteiger charge is 2.10. The summed E-state index contributed by atoms with van der Waals surface area (Å²) in [6, 6.07) is 7.43. The highest BCUT2D eigenvalue weighted by atomic mass is 79.9. The minimum absolute atomic E-state index is 0.0386. The maximum atomic E-state index is 9.11. The highest BCUT2D eigenvalue weighted by Crippen LogP contribution is 2.24. The number of hydrogen-bond acceptors (Lipinski definition) is 7. The van der Waals surface area contributed by atoms with Gasteiger partial charge >= 0.3 is 6.01 Å². The van der Waals surface area contributed by atoms with Crippen LogP contribution in [0.5, 0.6) is 6.01 Å². The number of nitrogens with one attached hydrogen (secondary N) is 1. The minimum atomic E-state index is -0.0832. The van der Waals surface area contributed by atoms with E-state index in [9.17, 15) is 0 Å². The Morgan fingerprint density at radius 2 is 2.10 bits per heavy atom. The van der Waals surface area contributed by atoms with Gasteiger partial charge < -0.3 is 15.8 Å². The monoisotopic (exact) mass is 348 g/mol. The van der Waals surface area contributed by atoms with E-state index in [2.05, 4.69) is 42.3 Å². The number of nitrogens with zero attached hydrogens (tertiary/aromatic N) is 4. The first-order valence-electron chi connectivity index (χ1n) is 6.13. The van der Waals surface area contributed by atoms with E-state index >= 15 is 0 Å². The molecule has 108 valence electrons. The lowest BCUT2D eigenvalue weighted by molar-refractivity contribution is 0.222. The van der Waals surface area contributed by atoms with Crippen LogP contribution in [0.2, 0.25) is 0 Å². The zero-order chi connectivity index (χ0) is 15.4. The van der Waals surface area contributed by atoms with Crippen LogP contribution in [0, 0.1) is 11.3 Å². The fourth-order valence-corrected chi connectivity index (χ4v) is 1.89. The Hall–Kier alpha value is -2.40. The fourth-order valence-electron chi connectivity index (χ4n) is 1.53. The van der Waals surface area contributed by atoms with E-state index in [-0.39, 0.29) is 24.0 Å². The van der Waals surface area contributed by atoms with Crippen LogP contribution in [0.4, 0.5) is 17.6 Å². The first kappa shape index (κ1) is 15.0. The number of anilines is 3. The molecule has 7 nitrogen and oxygen atoms in total. The van der Waals surface area contributed by atoms with Crippen molar-refractivity contribution in [3.05, 3.63) is 28.2 Å². The third-order valence-electron chi connectivity index (χ3n) is 2.32. The van der Waals surface area contributed by atoms with Crippen molar-refractivity contribution in [2.45, 2.75) is 20.0 Å². The standard InChI is InChI=1S/C13H13BrN6O/c1-7(2)21-13-19-11(16)18-12(20-13)17-10-5-9(14)4-3-8(10)6-15/h3-5,7H,1-2H3,(H3,16,17,18,19,20). The van der Waals surface area contributed by atoms with Gasteiger partial charge in [-0.25, -0.2) is 0 Å². The van der Waals surface area contributed by atoms with E-state index in [1.165, 1.54) is 0 Å². The van der Waals surface area contributed by atoms with E-state index in [1.54, 1.807) is 18.2 Å². The average molecular weight is 349 g/mol. The molecule has 1 heterocycles. The van der Waals surface area contributed by atoms with Gasteiger partial charge in [-0.3, -0.25) is 0 Å². The van der Waals surface area contributed by atoms with Gasteiger partial charge in [0.15, 0.2) is 0 Å². The lowest BCUT2D eigenvalue weighted by Gasteiger charge is -2.11. The Kier molecular flexibility index (Phi) is 4.55. The molecule has 0 bridgehead atoms. The summed E-state index contributed by atoms with van der Waals surface area (Å²) >= 11 is 3.35. The third kappa shape index (κ3) is 4.03. The zero-order valence-corrected chi connectivity index (χ0v) is 13.0. The summed E-state index contributed by atoms with van der Waals surface area (Å²) in [7, 11) is 0. The summed E-state index contributed by atoms with van der Waals surface area (Å²) in [6.07, 6.45) is -0.0832. The third-order valence-corrected chi connectivity index (χ3v) is 2.82. The number of aromatic nitrogens is 3. The number of nitrogens with two attached hydrogens (primary N) is 1. The molecule has 2 aromatic rings. The van der Waals surface area contributed by atoms with Crippen molar-refractivity contribution in [1.29, 1.82) is 5.26 Å².